The molecule has 0 fully saturated rings. The van der Waals surface area contributed by atoms with E-state index < -0.39 is 14.9 Å². The van der Waals surface area contributed by atoms with Gasteiger partial charge < -0.3 is 9.47 Å². The van der Waals surface area contributed by atoms with Gasteiger partial charge in [0, 0.05) is 11.6 Å². The third-order valence-electron chi connectivity index (χ3n) is 4.21. The van der Waals surface area contributed by atoms with Crippen molar-refractivity contribution in [3.8, 4) is 11.5 Å². The van der Waals surface area contributed by atoms with Gasteiger partial charge in [-0.15, -0.1) is 0 Å². The van der Waals surface area contributed by atoms with Crippen LogP contribution < -0.4 is 14.3 Å². The van der Waals surface area contributed by atoms with E-state index in [0.29, 0.717) is 35.2 Å². The summed E-state index contributed by atoms with van der Waals surface area (Å²) < 4.78 is 35.8. The molecule has 0 bridgehead atoms. The normalized spacial score (nSPS) is 11.6. The van der Waals surface area contributed by atoms with Crippen molar-refractivity contribution in [1.29, 1.82) is 0 Å². The zero-order valence-electron chi connectivity index (χ0n) is 17.3. The SMILES string of the molecule is COc1cc(/C=N/NS(=O)(=O)c2ccc(C)c([N+](=O)[O-])c2)ccc1OCCC(C)C. The number of nitrogens with one attached hydrogen (secondary N) is 1. The molecule has 0 spiro atoms. The fourth-order valence-electron chi connectivity index (χ4n) is 2.46. The van der Waals surface area contributed by atoms with E-state index in [4.69, 9.17) is 9.47 Å². The third kappa shape index (κ3) is 6.18. The predicted molar refractivity (Wildman–Crippen MR) is 114 cm³/mol. The van der Waals surface area contributed by atoms with Crippen molar-refractivity contribution < 1.29 is 22.8 Å². The molecule has 0 amide bonds. The Morgan fingerprint density at radius 3 is 2.57 bits per heavy atom. The van der Waals surface area contributed by atoms with E-state index in [-0.39, 0.29) is 10.6 Å². The molecule has 30 heavy (non-hydrogen) atoms. The lowest BCUT2D eigenvalue weighted by Gasteiger charge is -2.12. The Hall–Kier alpha value is -3.14. The number of methoxy groups -OCH3 is 1. The average molecular weight is 436 g/mol. The Kier molecular flexibility index (Phi) is 7.76. The number of nitro groups is 1. The molecule has 2 aromatic rings. The monoisotopic (exact) mass is 435 g/mol. The number of sulfonamides is 1. The van der Waals surface area contributed by atoms with E-state index in [1.54, 1.807) is 18.2 Å². The lowest BCUT2D eigenvalue weighted by molar-refractivity contribution is -0.385. The number of hydrogen-bond acceptors (Lipinski definition) is 7. The van der Waals surface area contributed by atoms with Crippen molar-refractivity contribution >= 4 is 21.9 Å². The van der Waals surface area contributed by atoms with Crippen LogP contribution in [0.3, 0.4) is 0 Å². The molecule has 0 aliphatic rings. The van der Waals surface area contributed by atoms with Gasteiger partial charge in [-0.05, 0) is 49.1 Å². The van der Waals surface area contributed by atoms with E-state index in [0.717, 1.165) is 12.5 Å². The minimum absolute atomic E-state index is 0.247. The first-order valence-electron chi connectivity index (χ1n) is 9.25. The van der Waals surface area contributed by atoms with Crippen molar-refractivity contribution in [1.82, 2.24) is 4.83 Å². The zero-order valence-corrected chi connectivity index (χ0v) is 18.1. The largest absolute Gasteiger partial charge is 0.493 e. The lowest BCUT2D eigenvalue weighted by atomic mass is 10.1. The number of ether oxygens (including phenoxy) is 2. The van der Waals surface area contributed by atoms with Crippen LogP contribution in [-0.2, 0) is 10.0 Å². The summed E-state index contributed by atoms with van der Waals surface area (Å²) in [4.78, 5) is 12.2. The van der Waals surface area contributed by atoms with Crippen molar-refractivity contribution in [3.63, 3.8) is 0 Å². The van der Waals surface area contributed by atoms with Crippen molar-refractivity contribution in [3.05, 3.63) is 57.6 Å². The van der Waals surface area contributed by atoms with Gasteiger partial charge in [-0.2, -0.15) is 13.5 Å². The summed E-state index contributed by atoms with van der Waals surface area (Å²) in [6.07, 6.45) is 2.21. The van der Waals surface area contributed by atoms with Gasteiger partial charge >= 0.3 is 0 Å². The maximum absolute atomic E-state index is 12.4. The van der Waals surface area contributed by atoms with Crippen molar-refractivity contribution in [2.24, 2.45) is 11.0 Å². The highest BCUT2D eigenvalue weighted by molar-refractivity contribution is 7.89. The Morgan fingerprint density at radius 2 is 1.93 bits per heavy atom. The number of nitro benzene ring substituents is 1. The Labute approximate surface area is 175 Å². The van der Waals surface area contributed by atoms with Crippen LogP contribution in [0.25, 0.3) is 0 Å². The van der Waals surface area contributed by atoms with Crippen LogP contribution in [-0.4, -0.2) is 33.3 Å². The minimum Gasteiger partial charge on any atom is -0.493 e. The Bertz CT molecular complexity index is 1030. The van der Waals surface area contributed by atoms with Crippen LogP contribution >= 0.6 is 0 Å². The molecule has 0 aliphatic heterocycles. The van der Waals surface area contributed by atoms with Gasteiger partial charge in [0.25, 0.3) is 15.7 Å². The van der Waals surface area contributed by atoms with Gasteiger partial charge in [0.15, 0.2) is 11.5 Å². The number of aryl methyl sites for hydroxylation is 1. The van der Waals surface area contributed by atoms with Crippen LogP contribution in [0.15, 0.2) is 46.4 Å². The van der Waals surface area contributed by atoms with Gasteiger partial charge in [0.05, 0.1) is 29.8 Å². The molecule has 0 aliphatic carbocycles. The lowest BCUT2D eigenvalue weighted by Crippen LogP contribution is -2.18. The van der Waals surface area contributed by atoms with Crippen LogP contribution in [0.1, 0.15) is 31.4 Å². The van der Waals surface area contributed by atoms with Gasteiger partial charge in [-0.1, -0.05) is 19.9 Å². The molecular weight excluding hydrogens is 410 g/mol. The molecule has 0 saturated heterocycles. The first-order valence-corrected chi connectivity index (χ1v) is 10.7. The first kappa shape index (κ1) is 23.1. The molecule has 10 heteroatoms. The quantitative estimate of drug-likeness (QED) is 0.345. The number of benzene rings is 2. The van der Waals surface area contributed by atoms with E-state index in [1.807, 2.05) is 0 Å². The number of hydrogen-bond donors (Lipinski definition) is 1. The molecular formula is C20H25N3O6S. The molecule has 2 rings (SSSR count). The molecule has 0 radical (unpaired) electrons. The maximum atomic E-state index is 12.4. The molecule has 0 saturated carbocycles. The summed E-state index contributed by atoms with van der Waals surface area (Å²) in [6.45, 7) is 6.31. The van der Waals surface area contributed by atoms with Crippen LogP contribution in [0.2, 0.25) is 0 Å². The highest BCUT2D eigenvalue weighted by atomic mass is 32.2. The van der Waals surface area contributed by atoms with E-state index in [1.165, 1.54) is 32.4 Å². The van der Waals surface area contributed by atoms with Crippen LogP contribution in [0.4, 0.5) is 5.69 Å². The second kappa shape index (κ2) is 10.1. The van der Waals surface area contributed by atoms with Gasteiger partial charge in [-0.3, -0.25) is 10.1 Å². The second-order valence-corrected chi connectivity index (χ2v) is 8.66. The number of nitrogens with zero attached hydrogens (tertiary/aromatic N) is 2. The summed E-state index contributed by atoms with van der Waals surface area (Å²) in [5, 5.41) is 14.8. The van der Waals surface area contributed by atoms with Crippen LogP contribution in [0, 0.1) is 23.0 Å². The topological polar surface area (TPSA) is 120 Å². The molecule has 162 valence electrons. The maximum Gasteiger partial charge on any atom is 0.276 e. The predicted octanol–water partition coefficient (Wildman–Crippen LogP) is 3.65. The fraction of sp³-hybridized carbons (Fsp3) is 0.350. The summed E-state index contributed by atoms with van der Waals surface area (Å²) in [7, 11) is -2.54. The van der Waals surface area contributed by atoms with E-state index in [2.05, 4.69) is 23.8 Å². The van der Waals surface area contributed by atoms with Crippen molar-refractivity contribution in [2.75, 3.05) is 13.7 Å². The standard InChI is InChI=1S/C20H25N3O6S/c1-14(2)9-10-29-19-8-6-16(11-20(19)28-4)13-21-22-30(26,27)17-7-5-15(3)18(12-17)23(24)25/h5-8,11-14,22H,9-10H2,1-4H3/b21-13+. The highest BCUT2D eigenvalue weighted by Crippen LogP contribution is 2.28. The number of rotatable bonds is 10. The highest BCUT2D eigenvalue weighted by Gasteiger charge is 2.19. The van der Waals surface area contributed by atoms with Gasteiger partial charge in [0.1, 0.15) is 0 Å². The molecule has 0 aromatic heterocycles. The summed E-state index contributed by atoms with van der Waals surface area (Å²) >= 11 is 0. The second-order valence-electron chi connectivity index (χ2n) is 7.00. The molecule has 0 heterocycles. The zero-order chi connectivity index (χ0) is 22.3. The Morgan fingerprint density at radius 1 is 1.20 bits per heavy atom. The van der Waals surface area contributed by atoms with Gasteiger partial charge in [-0.25, -0.2) is 4.83 Å². The van der Waals surface area contributed by atoms with Gasteiger partial charge in [0.2, 0.25) is 0 Å². The Balaban J connectivity index is 2.12. The fourth-order valence-corrected chi connectivity index (χ4v) is 3.28. The average Bonchev–Trinajstić information content (AvgIpc) is 2.68. The summed E-state index contributed by atoms with van der Waals surface area (Å²) in [5.41, 5.74) is 0.672. The molecule has 2 aromatic carbocycles. The molecule has 1 N–H and O–H groups in total. The number of hydrazone groups is 1. The van der Waals surface area contributed by atoms with Crippen molar-refractivity contribution in [2.45, 2.75) is 32.1 Å². The molecule has 0 unspecified atom stereocenters. The molecule has 0 atom stereocenters. The molecule has 9 nitrogen and oxygen atoms in total. The summed E-state index contributed by atoms with van der Waals surface area (Å²) in [6, 6.07) is 8.75. The van der Waals surface area contributed by atoms with Crippen LogP contribution in [0.5, 0.6) is 11.5 Å². The summed E-state index contributed by atoms with van der Waals surface area (Å²) in [5.74, 6) is 1.60. The third-order valence-corrected chi connectivity index (χ3v) is 5.43. The van der Waals surface area contributed by atoms with E-state index >= 15 is 0 Å². The smallest absolute Gasteiger partial charge is 0.276 e. The minimum atomic E-state index is -4.06. The first-order chi connectivity index (χ1) is 14.1. The van der Waals surface area contributed by atoms with E-state index in [9.17, 15) is 18.5 Å².